The fraction of sp³-hybridized carbons (Fsp3) is 1.00. The van der Waals surface area contributed by atoms with Crippen molar-refractivity contribution in [2.45, 2.75) is 25.7 Å². The van der Waals surface area contributed by atoms with Crippen LogP contribution in [0.2, 0.25) is 0 Å². The third kappa shape index (κ3) is 4.42. The summed E-state index contributed by atoms with van der Waals surface area (Å²) in [4.78, 5) is 5.43. The summed E-state index contributed by atoms with van der Waals surface area (Å²) in [6.45, 7) is 12.8. The van der Waals surface area contributed by atoms with E-state index < -0.39 is 0 Å². The first-order valence-electron chi connectivity index (χ1n) is 8.76. The molecule has 3 saturated heterocycles. The van der Waals surface area contributed by atoms with Crippen molar-refractivity contribution in [1.82, 2.24) is 20.4 Å². The van der Waals surface area contributed by atoms with Crippen molar-refractivity contribution in [3.63, 3.8) is 0 Å². The first kappa shape index (κ1) is 14.8. The average Bonchev–Trinajstić information content (AvgIpc) is 2.51. The van der Waals surface area contributed by atoms with Gasteiger partial charge in [-0.05, 0) is 63.7 Å². The molecule has 3 fully saturated rings. The van der Waals surface area contributed by atoms with Gasteiger partial charge in [-0.25, -0.2) is 0 Å². The lowest BCUT2D eigenvalue weighted by Crippen LogP contribution is -2.50. The number of hydrogen-bond acceptors (Lipinski definition) is 4. The molecular formula is C16H32N4. The van der Waals surface area contributed by atoms with E-state index in [1.807, 2.05) is 0 Å². The Balaban J connectivity index is 1.33. The average molecular weight is 280 g/mol. The van der Waals surface area contributed by atoms with Crippen LogP contribution in [0.15, 0.2) is 0 Å². The van der Waals surface area contributed by atoms with Crippen molar-refractivity contribution >= 4 is 0 Å². The zero-order valence-electron chi connectivity index (χ0n) is 12.9. The number of nitrogens with zero attached hydrogens (tertiary/aromatic N) is 2. The van der Waals surface area contributed by atoms with Gasteiger partial charge in [-0.2, -0.15) is 0 Å². The molecule has 4 heteroatoms. The summed E-state index contributed by atoms with van der Waals surface area (Å²) in [6, 6.07) is 0. The number of rotatable bonds is 4. The molecule has 0 amide bonds. The second-order valence-corrected chi connectivity index (χ2v) is 6.99. The molecule has 3 aliphatic heterocycles. The Labute approximate surface area is 124 Å². The van der Waals surface area contributed by atoms with Crippen molar-refractivity contribution in [2.75, 3.05) is 65.4 Å². The maximum absolute atomic E-state index is 3.47. The van der Waals surface area contributed by atoms with E-state index in [0.29, 0.717) is 0 Å². The molecule has 0 unspecified atom stereocenters. The van der Waals surface area contributed by atoms with Gasteiger partial charge in [0.05, 0.1) is 0 Å². The minimum Gasteiger partial charge on any atom is -0.317 e. The highest BCUT2D eigenvalue weighted by atomic mass is 15.3. The second kappa shape index (κ2) is 7.74. The number of hydrogen-bond donors (Lipinski definition) is 2. The predicted octanol–water partition coefficient (Wildman–Crippen LogP) is 0.603. The molecule has 0 aromatic heterocycles. The maximum Gasteiger partial charge on any atom is 0.0110 e. The molecule has 3 rings (SSSR count). The lowest BCUT2D eigenvalue weighted by atomic mass is 9.96. The fourth-order valence-corrected chi connectivity index (χ4v) is 4.01. The largest absolute Gasteiger partial charge is 0.317 e. The van der Waals surface area contributed by atoms with Crippen molar-refractivity contribution in [3.8, 4) is 0 Å². The molecule has 3 aliphatic rings. The summed E-state index contributed by atoms with van der Waals surface area (Å²) in [5, 5.41) is 6.95. The normalized spacial score (nSPS) is 28.8. The van der Waals surface area contributed by atoms with Gasteiger partial charge in [-0.15, -0.1) is 0 Å². The first-order valence-corrected chi connectivity index (χ1v) is 8.76. The molecule has 4 nitrogen and oxygen atoms in total. The molecule has 116 valence electrons. The van der Waals surface area contributed by atoms with Crippen LogP contribution in [-0.2, 0) is 0 Å². The molecular weight excluding hydrogens is 248 g/mol. The zero-order valence-corrected chi connectivity index (χ0v) is 12.9. The van der Waals surface area contributed by atoms with E-state index in [1.54, 1.807) is 0 Å². The van der Waals surface area contributed by atoms with Crippen LogP contribution < -0.4 is 10.6 Å². The quantitative estimate of drug-likeness (QED) is 0.790. The summed E-state index contributed by atoms with van der Waals surface area (Å²) in [6.07, 6.45) is 5.54. The molecule has 0 aromatic rings. The Morgan fingerprint density at radius 1 is 0.600 bits per heavy atom. The Bertz CT molecular complexity index is 236. The Morgan fingerprint density at radius 3 is 1.30 bits per heavy atom. The monoisotopic (exact) mass is 280 g/mol. The standard InChI is InChI=1S/C16H32N4/c1-5-17-6-2-15(1)13-19-9-11-20(12-10-19)14-16-3-7-18-8-4-16/h15-18H,1-14H2. The summed E-state index contributed by atoms with van der Waals surface area (Å²) >= 11 is 0. The van der Waals surface area contributed by atoms with Crippen LogP contribution >= 0.6 is 0 Å². The first-order chi connectivity index (χ1) is 9.90. The number of piperazine rings is 1. The number of piperidine rings is 2. The molecule has 3 heterocycles. The highest BCUT2D eigenvalue weighted by molar-refractivity contribution is 4.79. The fourth-order valence-electron chi connectivity index (χ4n) is 4.01. The summed E-state index contributed by atoms with van der Waals surface area (Å²) in [5.41, 5.74) is 0. The second-order valence-electron chi connectivity index (χ2n) is 6.99. The molecule has 2 N–H and O–H groups in total. The molecule has 0 atom stereocenters. The summed E-state index contributed by atoms with van der Waals surface area (Å²) in [5.74, 6) is 1.90. The van der Waals surface area contributed by atoms with E-state index in [2.05, 4.69) is 20.4 Å². The van der Waals surface area contributed by atoms with E-state index in [9.17, 15) is 0 Å². The van der Waals surface area contributed by atoms with Crippen LogP contribution in [0.1, 0.15) is 25.7 Å². The minimum atomic E-state index is 0.951. The van der Waals surface area contributed by atoms with Gasteiger partial charge in [-0.1, -0.05) is 0 Å². The molecule has 0 radical (unpaired) electrons. The van der Waals surface area contributed by atoms with Crippen LogP contribution in [0.25, 0.3) is 0 Å². The van der Waals surface area contributed by atoms with Crippen LogP contribution in [0, 0.1) is 11.8 Å². The van der Waals surface area contributed by atoms with Gasteiger partial charge in [0.1, 0.15) is 0 Å². The molecule has 0 aliphatic carbocycles. The van der Waals surface area contributed by atoms with Crippen LogP contribution in [-0.4, -0.2) is 75.2 Å². The van der Waals surface area contributed by atoms with Crippen LogP contribution in [0.4, 0.5) is 0 Å². The van der Waals surface area contributed by atoms with E-state index in [4.69, 9.17) is 0 Å². The van der Waals surface area contributed by atoms with Crippen LogP contribution in [0.3, 0.4) is 0 Å². The highest BCUT2D eigenvalue weighted by Crippen LogP contribution is 2.17. The zero-order chi connectivity index (χ0) is 13.6. The van der Waals surface area contributed by atoms with Crippen molar-refractivity contribution in [3.05, 3.63) is 0 Å². The van der Waals surface area contributed by atoms with Crippen molar-refractivity contribution < 1.29 is 0 Å². The van der Waals surface area contributed by atoms with Crippen molar-refractivity contribution in [1.29, 1.82) is 0 Å². The summed E-state index contributed by atoms with van der Waals surface area (Å²) < 4.78 is 0. The lowest BCUT2D eigenvalue weighted by Gasteiger charge is -2.39. The SMILES string of the molecule is C1CC(CN2CCN(CC3CCNCC3)CC2)CCN1. The topological polar surface area (TPSA) is 30.5 Å². The van der Waals surface area contributed by atoms with Crippen LogP contribution in [0.5, 0.6) is 0 Å². The van der Waals surface area contributed by atoms with Gasteiger partial charge < -0.3 is 20.4 Å². The molecule has 0 saturated carbocycles. The van der Waals surface area contributed by atoms with Gasteiger partial charge in [0.15, 0.2) is 0 Å². The smallest absolute Gasteiger partial charge is 0.0110 e. The van der Waals surface area contributed by atoms with Gasteiger partial charge in [0, 0.05) is 39.3 Å². The van der Waals surface area contributed by atoms with E-state index in [1.165, 1.54) is 91.1 Å². The summed E-state index contributed by atoms with van der Waals surface area (Å²) in [7, 11) is 0. The van der Waals surface area contributed by atoms with E-state index in [0.717, 1.165) is 11.8 Å². The lowest BCUT2D eigenvalue weighted by molar-refractivity contribution is 0.0951. The van der Waals surface area contributed by atoms with E-state index >= 15 is 0 Å². The number of nitrogens with one attached hydrogen (secondary N) is 2. The maximum atomic E-state index is 3.47. The molecule has 0 aromatic carbocycles. The predicted molar refractivity (Wildman–Crippen MR) is 84.1 cm³/mol. The Hall–Kier alpha value is -0.160. The third-order valence-corrected chi connectivity index (χ3v) is 5.42. The van der Waals surface area contributed by atoms with E-state index in [-0.39, 0.29) is 0 Å². The van der Waals surface area contributed by atoms with Gasteiger partial charge in [0.25, 0.3) is 0 Å². The molecule has 0 bridgehead atoms. The molecule has 20 heavy (non-hydrogen) atoms. The molecule has 0 spiro atoms. The van der Waals surface area contributed by atoms with Gasteiger partial charge in [0.2, 0.25) is 0 Å². The minimum absolute atomic E-state index is 0.951. The van der Waals surface area contributed by atoms with Gasteiger partial charge >= 0.3 is 0 Å². The third-order valence-electron chi connectivity index (χ3n) is 5.42. The highest BCUT2D eigenvalue weighted by Gasteiger charge is 2.23. The van der Waals surface area contributed by atoms with Crippen molar-refractivity contribution in [2.24, 2.45) is 11.8 Å². The Morgan fingerprint density at radius 2 is 0.950 bits per heavy atom. The van der Waals surface area contributed by atoms with Gasteiger partial charge in [-0.3, -0.25) is 0 Å². The Kier molecular flexibility index (Phi) is 5.71.